The zero-order valence-corrected chi connectivity index (χ0v) is 15.9. The Morgan fingerprint density at radius 1 is 0.591 bits per heavy atom. The van der Waals surface area contributed by atoms with E-state index in [0.29, 0.717) is 6.42 Å². The SMILES string of the molecule is CCCCCCCCCCCCSCCCCCCC[C]=O. The predicted octanol–water partition coefficient (Wildman–Crippen LogP) is 7.09. The molecule has 0 fully saturated rings. The quantitative estimate of drug-likeness (QED) is 0.235. The first kappa shape index (κ1) is 22.0. The summed E-state index contributed by atoms with van der Waals surface area (Å²) in [6.07, 6.45) is 23.2. The van der Waals surface area contributed by atoms with Crippen molar-refractivity contribution in [2.24, 2.45) is 0 Å². The average Bonchev–Trinajstić information content (AvgIpc) is 2.54. The molecule has 0 heterocycles. The van der Waals surface area contributed by atoms with Crippen molar-refractivity contribution in [3.63, 3.8) is 0 Å². The van der Waals surface area contributed by atoms with Crippen molar-refractivity contribution in [3.05, 3.63) is 0 Å². The van der Waals surface area contributed by atoms with Gasteiger partial charge in [0.15, 0.2) is 6.29 Å². The monoisotopic (exact) mass is 327 g/mol. The van der Waals surface area contributed by atoms with E-state index in [1.807, 2.05) is 6.29 Å². The molecule has 0 aromatic heterocycles. The minimum absolute atomic E-state index is 0.632. The summed E-state index contributed by atoms with van der Waals surface area (Å²) >= 11 is 2.14. The summed E-state index contributed by atoms with van der Waals surface area (Å²) in [6.45, 7) is 2.28. The summed E-state index contributed by atoms with van der Waals surface area (Å²) in [5.41, 5.74) is 0. The van der Waals surface area contributed by atoms with Crippen molar-refractivity contribution in [1.29, 1.82) is 0 Å². The minimum atomic E-state index is 0.632. The summed E-state index contributed by atoms with van der Waals surface area (Å²) in [5.74, 6) is 2.69. The zero-order chi connectivity index (χ0) is 16.1. The Morgan fingerprint density at radius 3 is 1.45 bits per heavy atom. The summed E-state index contributed by atoms with van der Waals surface area (Å²) in [6, 6.07) is 0. The van der Waals surface area contributed by atoms with Crippen LogP contribution >= 0.6 is 11.8 Å². The van der Waals surface area contributed by atoms with Gasteiger partial charge in [0.1, 0.15) is 0 Å². The van der Waals surface area contributed by atoms with Gasteiger partial charge in [0.2, 0.25) is 0 Å². The van der Waals surface area contributed by atoms with Crippen LogP contribution in [0.4, 0.5) is 0 Å². The lowest BCUT2D eigenvalue weighted by Gasteiger charge is -2.03. The number of hydrogen-bond donors (Lipinski definition) is 0. The highest BCUT2D eigenvalue weighted by molar-refractivity contribution is 7.99. The fourth-order valence-electron chi connectivity index (χ4n) is 2.73. The van der Waals surface area contributed by atoms with Gasteiger partial charge < -0.3 is 0 Å². The highest BCUT2D eigenvalue weighted by atomic mass is 32.2. The summed E-state index contributed by atoms with van der Waals surface area (Å²) < 4.78 is 0. The van der Waals surface area contributed by atoms with E-state index in [0.717, 1.165) is 6.42 Å². The maximum Gasteiger partial charge on any atom is 0.198 e. The Balaban J connectivity index is 2.92. The lowest BCUT2D eigenvalue weighted by atomic mass is 10.1. The van der Waals surface area contributed by atoms with E-state index < -0.39 is 0 Å². The Hall–Kier alpha value is 0.0200. The molecular formula is C20H39OS. The molecule has 0 aliphatic rings. The van der Waals surface area contributed by atoms with E-state index in [1.54, 1.807) is 0 Å². The van der Waals surface area contributed by atoms with E-state index >= 15 is 0 Å². The molecule has 2 heteroatoms. The molecular weight excluding hydrogens is 288 g/mol. The average molecular weight is 328 g/mol. The van der Waals surface area contributed by atoms with E-state index in [4.69, 9.17) is 0 Å². The highest BCUT2D eigenvalue weighted by Crippen LogP contribution is 2.14. The number of carbonyl (C=O) groups excluding carboxylic acids is 1. The first-order valence-electron chi connectivity index (χ1n) is 9.84. The van der Waals surface area contributed by atoms with Crippen LogP contribution in [-0.4, -0.2) is 17.8 Å². The van der Waals surface area contributed by atoms with Crippen LogP contribution in [0.5, 0.6) is 0 Å². The van der Waals surface area contributed by atoms with E-state index in [-0.39, 0.29) is 0 Å². The second kappa shape index (κ2) is 21.0. The minimum Gasteiger partial charge on any atom is -0.291 e. The van der Waals surface area contributed by atoms with Crippen molar-refractivity contribution < 1.29 is 4.79 Å². The standard InChI is InChI=1S/C20H39OS/c1-2-3-4-5-6-7-8-10-13-16-19-22-20-17-14-11-9-12-15-18-21/h2-17,19-20H2,1H3. The van der Waals surface area contributed by atoms with Crippen LogP contribution in [0.1, 0.15) is 110 Å². The van der Waals surface area contributed by atoms with Crippen LogP contribution in [0, 0.1) is 0 Å². The van der Waals surface area contributed by atoms with Crippen LogP contribution in [0.3, 0.4) is 0 Å². The normalized spacial score (nSPS) is 11.0. The summed E-state index contributed by atoms with van der Waals surface area (Å²) in [4.78, 5) is 10.0. The number of hydrogen-bond acceptors (Lipinski definition) is 2. The molecule has 131 valence electrons. The van der Waals surface area contributed by atoms with Gasteiger partial charge in [0, 0.05) is 6.42 Å². The lowest BCUT2D eigenvalue weighted by Crippen LogP contribution is -1.87. The van der Waals surface area contributed by atoms with Crippen molar-refractivity contribution in [2.75, 3.05) is 11.5 Å². The molecule has 0 rings (SSSR count). The molecule has 0 atom stereocenters. The van der Waals surface area contributed by atoms with Gasteiger partial charge in [-0.05, 0) is 30.8 Å². The van der Waals surface area contributed by atoms with Crippen LogP contribution < -0.4 is 0 Å². The van der Waals surface area contributed by atoms with E-state index in [1.165, 1.54) is 101 Å². The van der Waals surface area contributed by atoms with E-state index in [9.17, 15) is 4.79 Å². The number of thioether (sulfide) groups is 1. The Morgan fingerprint density at radius 2 is 1.00 bits per heavy atom. The molecule has 22 heavy (non-hydrogen) atoms. The maximum atomic E-state index is 10.0. The largest absolute Gasteiger partial charge is 0.291 e. The van der Waals surface area contributed by atoms with Gasteiger partial charge in [0.05, 0.1) is 0 Å². The number of rotatable bonds is 19. The van der Waals surface area contributed by atoms with Crippen molar-refractivity contribution >= 4 is 18.0 Å². The molecule has 0 saturated heterocycles. The fourth-order valence-corrected chi connectivity index (χ4v) is 3.75. The van der Waals surface area contributed by atoms with Gasteiger partial charge >= 0.3 is 0 Å². The number of unbranched alkanes of at least 4 members (excludes halogenated alkanes) is 14. The van der Waals surface area contributed by atoms with Crippen LogP contribution in [-0.2, 0) is 4.79 Å². The Bertz CT molecular complexity index is 206. The molecule has 1 nitrogen and oxygen atoms in total. The zero-order valence-electron chi connectivity index (χ0n) is 15.0. The molecule has 0 saturated carbocycles. The molecule has 0 amide bonds. The van der Waals surface area contributed by atoms with Crippen molar-refractivity contribution in [1.82, 2.24) is 0 Å². The smallest absolute Gasteiger partial charge is 0.198 e. The van der Waals surface area contributed by atoms with Crippen LogP contribution in [0.25, 0.3) is 0 Å². The topological polar surface area (TPSA) is 17.1 Å². The van der Waals surface area contributed by atoms with Gasteiger partial charge in [-0.15, -0.1) is 0 Å². The molecule has 0 aromatic carbocycles. The third kappa shape index (κ3) is 20.0. The molecule has 0 spiro atoms. The molecule has 0 aliphatic heterocycles. The van der Waals surface area contributed by atoms with Gasteiger partial charge in [-0.25, -0.2) is 0 Å². The van der Waals surface area contributed by atoms with Gasteiger partial charge in [-0.2, -0.15) is 11.8 Å². The Labute approximate surface area is 144 Å². The first-order valence-corrected chi connectivity index (χ1v) is 11.0. The van der Waals surface area contributed by atoms with Gasteiger partial charge in [0.25, 0.3) is 0 Å². The van der Waals surface area contributed by atoms with Crippen molar-refractivity contribution in [3.8, 4) is 0 Å². The molecule has 0 N–H and O–H groups in total. The third-order valence-corrected chi connectivity index (χ3v) is 5.36. The first-order chi connectivity index (χ1) is 10.9. The van der Waals surface area contributed by atoms with Crippen molar-refractivity contribution in [2.45, 2.75) is 110 Å². The van der Waals surface area contributed by atoms with Crippen LogP contribution in [0.2, 0.25) is 0 Å². The van der Waals surface area contributed by atoms with Gasteiger partial charge in [-0.1, -0.05) is 84.0 Å². The molecule has 1 radical (unpaired) electrons. The van der Waals surface area contributed by atoms with Crippen LogP contribution in [0.15, 0.2) is 0 Å². The molecule has 0 aromatic rings. The Kier molecular flexibility index (Phi) is 21.0. The molecule has 0 bridgehead atoms. The third-order valence-electron chi connectivity index (χ3n) is 4.21. The molecule has 0 aliphatic carbocycles. The summed E-state index contributed by atoms with van der Waals surface area (Å²) in [7, 11) is 0. The van der Waals surface area contributed by atoms with E-state index in [2.05, 4.69) is 18.7 Å². The second-order valence-electron chi connectivity index (χ2n) is 6.46. The second-order valence-corrected chi connectivity index (χ2v) is 7.68. The highest BCUT2D eigenvalue weighted by Gasteiger charge is 1.95. The molecule has 0 unspecified atom stereocenters. The summed E-state index contributed by atoms with van der Waals surface area (Å²) in [5, 5.41) is 0. The predicted molar refractivity (Wildman–Crippen MR) is 103 cm³/mol. The van der Waals surface area contributed by atoms with Gasteiger partial charge in [-0.3, -0.25) is 4.79 Å². The fraction of sp³-hybridized carbons (Fsp3) is 0.950. The lowest BCUT2D eigenvalue weighted by molar-refractivity contribution is 0.543. The maximum absolute atomic E-state index is 10.0.